The van der Waals surface area contributed by atoms with Gasteiger partial charge < -0.3 is 10.6 Å². The Kier molecular flexibility index (Phi) is 4.73. The summed E-state index contributed by atoms with van der Waals surface area (Å²) in [5.74, 6) is 0. The maximum atomic E-state index is 12.6. The standard InChI is InChI=1S/C10H6F9N3O/c11-8(12,13)7(9(14,15)16,10(17,18)19)22-6(23)21-5-2-1-3-20-4-5/h1-4H,(H2,21,22,23). The Morgan fingerprint density at radius 2 is 1.39 bits per heavy atom. The van der Waals surface area contributed by atoms with Crippen LogP contribution in [0, 0.1) is 0 Å². The number of nitrogens with zero attached hydrogens (tertiary/aromatic N) is 1. The quantitative estimate of drug-likeness (QED) is 0.796. The molecule has 2 amide bonds. The fourth-order valence-electron chi connectivity index (χ4n) is 1.46. The lowest BCUT2D eigenvalue weighted by Crippen LogP contribution is -2.75. The molecule has 13 heteroatoms. The number of amides is 2. The summed E-state index contributed by atoms with van der Waals surface area (Å²) in [6.45, 7) is 0. The number of halogens is 9. The predicted molar refractivity (Wildman–Crippen MR) is 57.3 cm³/mol. The topological polar surface area (TPSA) is 54.0 Å². The van der Waals surface area contributed by atoms with Crippen molar-refractivity contribution in [2.24, 2.45) is 0 Å². The molecule has 2 N–H and O–H groups in total. The van der Waals surface area contributed by atoms with E-state index in [-0.39, 0.29) is 5.32 Å². The fraction of sp³-hybridized carbons (Fsp3) is 0.400. The number of carbonyl (C=O) groups excluding carboxylic acids is 1. The number of urea groups is 1. The van der Waals surface area contributed by atoms with E-state index in [1.165, 1.54) is 5.32 Å². The number of pyridine rings is 1. The maximum Gasteiger partial charge on any atom is 0.429 e. The molecule has 0 aliphatic heterocycles. The molecule has 0 spiro atoms. The summed E-state index contributed by atoms with van der Waals surface area (Å²) >= 11 is 0. The molecular weight excluding hydrogens is 349 g/mol. The van der Waals surface area contributed by atoms with Gasteiger partial charge in [-0.3, -0.25) is 4.98 Å². The minimum Gasteiger partial charge on any atom is -0.308 e. The van der Waals surface area contributed by atoms with Gasteiger partial charge in [0, 0.05) is 6.20 Å². The Labute approximate surface area is 121 Å². The third kappa shape index (κ3) is 3.59. The number of anilines is 1. The van der Waals surface area contributed by atoms with Gasteiger partial charge in [0.05, 0.1) is 11.9 Å². The van der Waals surface area contributed by atoms with Crippen molar-refractivity contribution in [3.05, 3.63) is 24.5 Å². The molecule has 1 aromatic rings. The SMILES string of the molecule is O=C(Nc1cccnc1)NC(C(F)(F)F)(C(F)(F)F)C(F)(F)F. The van der Waals surface area contributed by atoms with E-state index < -0.39 is 35.8 Å². The number of nitrogens with one attached hydrogen (secondary N) is 2. The Hall–Kier alpha value is -2.21. The number of hydrogen-bond acceptors (Lipinski definition) is 2. The molecule has 0 atom stereocenters. The minimum atomic E-state index is -6.88. The summed E-state index contributed by atoms with van der Waals surface area (Å²) in [6.07, 6.45) is -18.7. The van der Waals surface area contributed by atoms with E-state index >= 15 is 0 Å². The molecule has 1 aromatic heterocycles. The molecule has 0 fully saturated rings. The van der Waals surface area contributed by atoms with Crippen molar-refractivity contribution in [3.63, 3.8) is 0 Å². The largest absolute Gasteiger partial charge is 0.429 e. The fourth-order valence-corrected chi connectivity index (χ4v) is 1.46. The van der Waals surface area contributed by atoms with Crippen LogP contribution in [0.1, 0.15) is 0 Å². The molecule has 0 bridgehead atoms. The first-order chi connectivity index (χ1) is 10.2. The highest BCUT2D eigenvalue weighted by molar-refractivity contribution is 5.89. The van der Waals surface area contributed by atoms with Gasteiger partial charge in [-0.15, -0.1) is 0 Å². The summed E-state index contributed by atoms with van der Waals surface area (Å²) in [6, 6.07) is -0.228. The van der Waals surface area contributed by atoms with Gasteiger partial charge in [-0.05, 0) is 12.1 Å². The van der Waals surface area contributed by atoms with Gasteiger partial charge in [0.1, 0.15) is 0 Å². The van der Waals surface area contributed by atoms with Crippen molar-refractivity contribution in [2.75, 3.05) is 5.32 Å². The molecule has 0 aliphatic carbocycles. The number of alkyl halides is 9. The Morgan fingerprint density at radius 1 is 0.913 bits per heavy atom. The van der Waals surface area contributed by atoms with Crippen molar-refractivity contribution in [2.45, 2.75) is 24.1 Å². The second-order valence-electron chi connectivity index (χ2n) is 4.06. The van der Waals surface area contributed by atoms with Crippen molar-refractivity contribution in [3.8, 4) is 0 Å². The Bertz CT molecular complexity index is 513. The maximum absolute atomic E-state index is 12.6. The average molecular weight is 355 g/mol. The molecule has 130 valence electrons. The van der Waals surface area contributed by atoms with Crippen LogP contribution in [-0.2, 0) is 0 Å². The van der Waals surface area contributed by atoms with Crippen LogP contribution < -0.4 is 10.6 Å². The average Bonchev–Trinajstić information content (AvgIpc) is 2.32. The zero-order valence-electron chi connectivity index (χ0n) is 10.6. The van der Waals surface area contributed by atoms with Gasteiger partial charge in [0.15, 0.2) is 0 Å². The van der Waals surface area contributed by atoms with Gasteiger partial charge in [0.25, 0.3) is 0 Å². The molecule has 0 saturated heterocycles. The van der Waals surface area contributed by atoms with E-state index in [9.17, 15) is 44.3 Å². The normalized spacial score (nSPS) is 13.6. The molecule has 23 heavy (non-hydrogen) atoms. The van der Waals surface area contributed by atoms with Crippen LogP contribution in [0.25, 0.3) is 0 Å². The monoisotopic (exact) mass is 355 g/mol. The minimum absolute atomic E-state index is 0.0540. The van der Waals surface area contributed by atoms with Gasteiger partial charge in [-0.2, -0.15) is 39.5 Å². The van der Waals surface area contributed by atoms with Crippen LogP contribution in [0.4, 0.5) is 50.0 Å². The lowest BCUT2D eigenvalue weighted by Gasteiger charge is -2.38. The third-order valence-corrected chi connectivity index (χ3v) is 2.50. The van der Waals surface area contributed by atoms with E-state index in [4.69, 9.17) is 0 Å². The molecule has 0 saturated carbocycles. The molecule has 0 unspecified atom stereocenters. The number of rotatable bonds is 2. The number of aromatic nitrogens is 1. The van der Waals surface area contributed by atoms with Gasteiger partial charge in [0.2, 0.25) is 0 Å². The Balaban J connectivity index is 3.24. The molecule has 0 aliphatic rings. The van der Waals surface area contributed by atoms with E-state index in [2.05, 4.69) is 4.98 Å². The van der Waals surface area contributed by atoms with Crippen LogP contribution in [-0.4, -0.2) is 35.1 Å². The smallest absolute Gasteiger partial charge is 0.308 e. The van der Waals surface area contributed by atoms with Crippen LogP contribution in [0.2, 0.25) is 0 Å². The van der Waals surface area contributed by atoms with Crippen LogP contribution in [0.3, 0.4) is 0 Å². The predicted octanol–water partition coefficient (Wildman–Crippen LogP) is 3.63. The summed E-state index contributed by atoms with van der Waals surface area (Å²) in [5.41, 5.74) is -6.83. The summed E-state index contributed by atoms with van der Waals surface area (Å²) in [4.78, 5) is 14.6. The number of hydrogen-bond donors (Lipinski definition) is 2. The summed E-state index contributed by atoms with van der Waals surface area (Å²) < 4.78 is 113. The first kappa shape index (κ1) is 18.8. The first-order valence-corrected chi connectivity index (χ1v) is 5.42. The van der Waals surface area contributed by atoms with Crippen molar-refractivity contribution >= 4 is 11.7 Å². The highest BCUT2D eigenvalue weighted by atomic mass is 19.4. The molecule has 0 aromatic carbocycles. The first-order valence-electron chi connectivity index (χ1n) is 5.42. The summed E-state index contributed by atoms with van der Waals surface area (Å²) in [7, 11) is 0. The summed E-state index contributed by atoms with van der Waals surface area (Å²) in [5, 5.41) is 1.35. The second-order valence-corrected chi connectivity index (χ2v) is 4.06. The number of carbonyl (C=O) groups is 1. The third-order valence-electron chi connectivity index (χ3n) is 2.50. The lowest BCUT2D eigenvalue weighted by molar-refractivity contribution is -0.386. The van der Waals surface area contributed by atoms with Crippen LogP contribution in [0.15, 0.2) is 24.5 Å². The van der Waals surface area contributed by atoms with Gasteiger partial charge >= 0.3 is 30.1 Å². The van der Waals surface area contributed by atoms with Gasteiger partial charge in [-0.25, -0.2) is 4.79 Å². The van der Waals surface area contributed by atoms with E-state index in [1.54, 1.807) is 0 Å². The Morgan fingerprint density at radius 3 is 1.74 bits per heavy atom. The molecule has 1 heterocycles. The van der Waals surface area contributed by atoms with Crippen molar-refractivity contribution < 1.29 is 44.3 Å². The highest BCUT2D eigenvalue weighted by Crippen LogP contribution is 2.52. The molecule has 4 nitrogen and oxygen atoms in total. The zero-order valence-corrected chi connectivity index (χ0v) is 10.6. The van der Waals surface area contributed by atoms with Crippen molar-refractivity contribution in [1.82, 2.24) is 10.3 Å². The van der Waals surface area contributed by atoms with Crippen molar-refractivity contribution in [1.29, 1.82) is 0 Å². The van der Waals surface area contributed by atoms with Crippen LogP contribution >= 0.6 is 0 Å². The van der Waals surface area contributed by atoms with Crippen LogP contribution in [0.5, 0.6) is 0 Å². The van der Waals surface area contributed by atoms with E-state index in [0.717, 1.165) is 24.5 Å². The van der Waals surface area contributed by atoms with Gasteiger partial charge in [-0.1, -0.05) is 0 Å². The van der Waals surface area contributed by atoms with E-state index in [0.29, 0.717) is 0 Å². The zero-order chi connectivity index (χ0) is 18.1. The second kappa shape index (κ2) is 5.77. The molecular formula is C10H6F9N3O. The van der Waals surface area contributed by atoms with E-state index in [1.807, 2.05) is 0 Å². The molecule has 0 radical (unpaired) electrons. The lowest BCUT2D eigenvalue weighted by atomic mass is 9.97. The highest BCUT2D eigenvalue weighted by Gasteiger charge is 2.84. The molecule has 1 rings (SSSR count).